The van der Waals surface area contributed by atoms with E-state index in [0.29, 0.717) is 0 Å². The molecule has 0 aromatic carbocycles. The fraction of sp³-hybridized carbons (Fsp3) is 0.923. The van der Waals surface area contributed by atoms with Crippen molar-refractivity contribution in [1.29, 1.82) is 0 Å². The monoisotopic (exact) mass is 241 g/mol. The first kappa shape index (κ1) is 14.5. The molecule has 0 spiro atoms. The molecule has 1 saturated heterocycles. The number of carbonyl (C=O) groups is 1. The molecule has 3 N–H and O–H groups in total. The lowest BCUT2D eigenvalue weighted by Crippen LogP contribution is -2.70. The fourth-order valence-electron chi connectivity index (χ4n) is 2.29. The molecule has 4 nitrogen and oxygen atoms in total. The van der Waals surface area contributed by atoms with E-state index in [2.05, 4.69) is 31.0 Å². The van der Waals surface area contributed by atoms with Crippen molar-refractivity contribution in [2.24, 2.45) is 5.73 Å². The molecule has 0 aliphatic carbocycles. The number of nitrogens with two attached hydrogens (primary N) is 1. The molecule has 1 aliphatic rings. The summed E-state index contributed by atoms with van der Waals surface area (Å²) in [5.74, 6) is 0.129. The molecule has 1 aliphatic heterocycles. The van der Waals surface area contributed by atoms with Crippen LogP contribution in [-0.4, -0.2) is 41.5 Å². The Balaban J connectivity index is 2.34. The van der Waals surface area contributed by atoms with Crippen LogP contribution in [-0.2, 0) is 4.79 Å². The van der Waals surface area contributed by atoms with Crippen molar-refractivity contribution in [1.82, 2.24) is 10.2 Å². The molecule has 2 atom stereocenters. The van der Waals surface area contributed by atoms with Crippen LogP contribution in [0.4, 0.5) is 0 Å². The highest BCUT2D eigenvalue weighted by molar-refractivity contribution is 5.81. The van der Waals surface area contributed by atoms with E-state index in [1.807, 2.05) is 6.92 Å². The number of amides is 1. The van der Waals surface area contributed by atoms with Crippen molar-refractivity contribution < 1.29 is 4.79 Å². The van der Waals surface area contributed by atoms with Gasteiger partial charge >= 0.3 is 0 Å². The lowest BCUT2D eigenvalue weighted by Gasteiger charge is -2.49. The average molecular weight is 241 g/mol. The molecule has 0 aromatic heterocycles. The lowest BCUT2D eigenvalue weighted by atomic mass is 9.87. The molecule has 1 rings (SSSR count). The maximum absolute atomic E-state index is 12.0. The number of hydrogen-bond acceptors (Lipinski definition) is 3. The topological polar surface area (TPSA) is 58.4 Å². The zero-order chi connectivity index (χ0) is 13.1. The number of hydrogen-bond donors (Lipinski definition) is 2. The van der Waals surface area contributed by atoms with Crippen molar-refractivity contribution in [3.05, 3.63) is 0 Å². The smallest absolute Gasteiger partial charge is 0.237 e. The standard InChI is InChI=1S/C13H27N3O/c1-5-7-10(3)15-12(17)11(4)16-8-13(14,6-2)9-16/h10-11H,5-9,14H2,1-4H3,(H,15,17). The van der Waals surface area contributed by atoms with Gasteiger partial charge in [0, 0.05) is 24.7 Å². The minimum atomic E-state index is -0.0659. The van der Waals surface area contributed by atoms with Crippen LogP contribution in [0.25, 0.3) is 0 Å². The second-order valence-electron chi connectivity index (χ2n) is 5.50. The Morgan fingerprint density at radius 2 is 2.00 bits per heavy atom. The summed E-state index contributed by atoms with van der Waals surface area (Å²) >= 11 is 0. The van der Waals surface area contributed by atoms with E-state index in [1.165, 1.54) is 0 Å². The summed E-state index contributed by atoms with van der Waals surface area (Å²) in [5, 5.41) is 3.05. The Kier molecular flexibility index (Phi) is 4.95. The summed E-state index contributed by atoms with van der Waals surface area (Å²) in [7, 11) is 0. The van der Waals surface area contributed by atoms with E-state index in [0.717, 1.165) is 32.4 Å². The van der Waals surface area contributed by atoms with Gasteiger partial charge in [-0.3, -0.25) is 9.69 Å². The molecule has 0 aromatic rings. The number of likely N-dealkylation sites (tertiary alicyclic amines) is 1. The quantitative estimate of drug-likeness (QED) is 0.732. The molecule has 0 radical (unpaired) electrons. The molecule has 4 heteroatoms. The van der Waals surface area contributed by atoms with Crippen LogP contribution in [0.3, 0.4) is 0 Å². The van der Waals surface area contributed by atoms with E-state index >= 15 is 0 Å². The molecule has 0 saturated carbocycles. The molecule has 17 heavy (non-hydrogen) atoms. The van der Waals surface area contributed by atoms with Gasteiger partial charge in [0.05, 0.1) is 6.04 Å². The predicted molar refractivity (Wildman–Crippen MR) is 70.8 cm³/mol. The van der Waals surface area contributed by atoms with Crippen molar-refractivity contribution in [2.75, 3.05) is 13.1 Å². The summed E-state index contributed by atoms with van der Waals surface area (Å²) in [6.07, 6.45) is 3.11. The van der Waals surface area contributed by atoms with Crippen LogP contribution in [0, 0.1) is 0 Å². The van der Waals surface area contributed by atoms with Gasteiger partial charge < -0.3 is 11.1 Å². The van der Waals surface area contributed by atoms with Gasteiger partial charge in [-0.1, -0.05) is 20.3 Å². The normalized spacial score (nSPS) is 22.6. The number of carbonyl (C=O) groups excluding carboxylic acids is 1. The highest BCUT2D eigenvalue weighted by atomic mass is 16.2. The lowest BCUT2D eigenvalue weighted by molar-refractivity contribution is -0.129. The Hall–Kier alpha value is -0.610. The molecular weight excluding hydrogens is 214 g/mol. The predicted octanol–water partition coefficient (Wildman–Crippen LogP) is 1.10. The Labute approximate surface area is 105 Å². The largest absolute Gasteiger partial charge is 0.352 e. The molecule has 0 bridgehead atoms. The van der Waals surface area contributed by atoms with Gasteiger partial charge in [-0.2, -0.15) is 0 Å². The number of rotatable bonds is 6. The summed E-state index contributed by atoms with van der Waals surface area (Å²) in [5.41, 5.74) is 6.04. The Morgan fingerprint density at radius 1 is 1.41 bits per heavy atom. The molecule has 1 amide bonds. The second-order valence-corrected chi connectivity index (χ2v) is 5.50. The van der Waals surface area contributed by atoms with E-state index in [1.54, 1.807) is 0 Å². The average Bonchev–Trinajstić information content (AvgIpc) is 2.24. The van der Waals surface area contributed by atoms with Gasteiger partial charge in [0.25, 0.3) is 0 Å². The van der Waals surface area contributed by atoms with Gasteiger partial charge in [-0.15, -0.1) is 0 Å². The van der Waals surface area contributed by atoms with Crippen LogP contribution < -0.4 is 11.1 Å². The van der Waals surface area contributed by atoms with Crippen LogP contribution in [0.1, 0.15) is 47.0 Å². The first-order valence-electron chi connectivity index (χ1n) is 6.75. The van der Waals surface area contributed by atoms with E-state index in [9.17, 15) is 4.79 Å². The number of nitrogens with one attached hydrogen (secondary N) is 1. The molecule has 2 unspecified atom stereocenters. The third-order valence-corrected chi connectivity index (χ3v) is 3.78. The van der Waals surface area contributed by atoms with Gasteiger partial charge in [-0.25, -0.2) is 0 Å². The summed E-state index contributed by atoms with van der Waals surface area (Å²) in [6, 6.07) is 0.211. The SMILES string of the molecule is CCCC(C)NC(=O)C(C)N1CC(N)(CC)C1. The maximum Gasteiger partial charge on any atom is 0.237 e. The fourth-order valence-corrected chi connectivity index (χ4v) is 2.29. The first-order chi connectivity index (χ1) is 7.91. The van der Waals surface area contributed by atoms with E-state index < -0.39 is 0 Å². The first-order valence-corrected chi connectivity index (χ1v) is 6.75. The van der Waals surface area contributed by atoms with Crippen LogP contribution in [0.5, 0.6) is 0 Å². The minimum absolute atomic E-state index is 0.0578. The van der Waals surface area contributed by atoms with Gasteiger partial charge in [0.15, 0.2) is 0 Å². The van der Waals surface area contributed by atoms with Gasteiger partial charge in [0.2, 0.25) is 5.91 Å². The zero-order valence-electron chi connectivity index (χ0n) is 11.6. The summed E-state index contributed by atoms with van der Waals surface area (Å²) in [4.78, 5) is 14.1. The van der Waals surface area contributed by atoms with Crippen molar-refractivity contribution in [3.63, 3.8) is 0 Å². The second kappa shape index (κ2) is 5.83. The molecule has 1 fully saturated rings. The third-order valence-electron chi connectivity index (χ3n) is 3.78. The molecule has 100 valence electrons. The zero-order valence-corrected chi connectivity index (χ0v) is 11.6. The van der Waals surface area contributed by atoms with Crippen molar-refractivity contribution >= 4 is 5.91 Å². The van der Waals surface area contributed by atoms with Gasteiger partial charge in [0.1, 0.15) is 0 Å². The van der Waals surface area contributed by atoms with Crippen LogP contribution >= 0.6 is 0 Å². The van der Waals surface area contributed by atoms with Crippen LogP contribution in [0.15, 0.2) is 0 Å². The maximum atomic E-state index is 12.0. The van der Waals surface area contributed by atoms with Crippen molar-refractivity contribution in [3.8, 4) is 0 Å². The van der Waals surface area contributed by atoms with E-state index in [-0.39, 0.29) is 23.5 Å². The van der Waals surface area contributed by atoms with E-state index in [4.69, 9.17) is 5.73 Å². The van der Waals surface area contributed by atoms with Crippen LogP contribution in [0.2, 0.25) is 0 Å². The third kappa shape index (κ3) is 3.68. The summed E-state index contributed by atoms with van der Waals surface area (Å²) in [6.45, 7) is 9.92. The molecule has 1 heterocycles. The summed E-state index contributed by atoms with van der Waals surface area (Å²) < 4.78 is 0. The highest BCUT2D eigenvalue weighted by Gasteiger charge is 2.41. The highest BCUT2D eigenvalue weighted by Crippen LogP contribution is 2.23. The number of nitrogens with zero attached hydrogens (tertiary/aromatic N) is 1. The Morgan fingerprint density at radius 3 is 2.47 bits per heavy atom. The minimum Gasteiger partial charge on any atom is -0.352 e. The van der Waals surface area contributed by atoms with Crippen molar-refractivity contribution in [2.45, 2.75) is 64.6 Å². The Bertz CT molecular complexity index is 261. The van der Waals surface area contributed by atoms with Gasteiger partial charge in [-0.05, 0) is 26.7 Å². The molecular formula is C13H27N3O.